The predicted octanol–water partition coefficient (Wildman–Crippen LogP) is 23.9. The number of nitrogens with one attached hydrogen (secondary N) is 4. The summed E-state index contributed by atoms with van der Waals surface area (Å²) in [6.45, 7) is 39.4. The fraction of sp³-hybridized carbons (Fsp3) is 0.423. The van der Waals surface area contributed by atoms with Gasteiger partial charge in [-0.15, -0.1) is 9.15 Å². The quantitative estimate of drug-likeness (QED) is 0.0291. The lowest BCUT2D eigenvalue weighted by atomic mass is 10.0. The van der Waals surface area contributed by atoms with Crippen molar-refractivity contribution in [1.29, 1.82) is 0 Å². The van der Waals surface area contributed by atoms with Crippen LogP contribution in [0.15, 0.2) is 156 Å². The number of hydrogen-bond acceptors (Lipinski definition) is 20. The van der Waals surface area contributed by atoms with E-state index in [9.17, 15) is 0 Å². The van der Waals surface area contributed by atoms with Gasteiger partial charge in [0, 0.05) is 19.6 Å². The second-order valence-electron chi connectivity index (χ2n) is 36.6. The van der Waals surface area contributed by atoms with Gasteiger partial charge in [0.2, 0.25) is 22.6 Å². The molecular formula is C97H108N12O8S4+2. The molecule has 0 amide bonds. The molecule has 4 N–H and O–H groups in total. The van der Waals surface area contributed by atoms with Gasteiger partial charge in [-0.1, -0.05) is 226 Å². The van der Waals surface area contributed by atoms with Gasteiger partial charge in [-0.25, -0.2) is 0 Å². The number of benzene rings is 8. The summed E-state index contributed by atoms with van der Waals surface area (Å²) < 4.78 is 71.8. The maximum absolute atomic E-state index is 7.79. The Balaban J connectivity index is 1.04. The highest BCUT2D eigenvalue weighted by molar-refractivity contribution is 8.00. The molecule has 10 aliphatic rings. The molecule has 1 atom stereocenters. The lowest BCUT2D eigenvalue weighted by Crippen LogP contribution is -2.71. The average Bonchev–Trinajstić information content (AvgIpc) is 1.45. The van der Waals surface area contributed by atoms with Gasteiger partial charge in [0.1, 0.15) is 68.0 Å². The van der Waals surface area contributed by atoms with Crippen LogP contribution in [0.1, 0.15) is 184 Å². The summed E-state index contributed by atoms with van der Waals surface area (Å²) in [5.41, 5.74) is 11.1. The van der Waals surface area contributed by atoms with E-state index in [1.165, 1.54) is 0 Å². The lowest BCUT2D eigenvalue weighted by Gasteiger charge is -2.40. The van der Waals surface area contributed by atoms with Gasteiger partial charge in [0.25, 0.3) is 23.3 Å². The van der Waals surface area contributed by atoms with Crippen LogP contribution >= 0.6 is 47.0 Å². The third-order valence-electron chi connectivity index (χ3n) is 24.0. The van der Waals surface area contributed by atoms with Crippen LogP contribution in [-0.2, 0) is 5.91 Å². The molecule has 0 saturated heterocycles. The van der Waals surface area contributed by atoms with Gasteiger partial charge in [-0.3, -0.25) is 0 Å². The molecule has 0 aliphatic carbocycles. The zero-order valence-corrected chi connectivity index (χ0v) is 75.4. The standard InChI is InChI=1S/C97H106N12O8S4/c1-49(2)33-41-110-77-65-69(81(114-45-37-53(9)10)85-73(77)98-57-25-17-21-29-61(57)118-85)93-103-90-67-71(83(116-47-39-55(13)14)87-75(79(67)112-43-35-51(5)6)100-59-27-19-23-31-63(59)120-87)95-105-92-68-72(84(117-48-40-56(15)16)88-76(80(68)113-44-36-52(7)8)101-60-28-20-24-32-64(60)121-88)96-104-91-66-70(94-102-89(65)106(93)97(107(91)94,108(90)95)109(92)96)82(115-46-38-54(11)12)86-74(78(66)111-42-34-50(3)4)99-58-26-18-22-30-62(58)119-86/h17-32,49-56H,33-48H2,1-16H3,(H2,98,99,100,101,102,103,104,105)/p+2. The van der Waals surface area contributed by atoms with Gasteiger partial charge >= 0.3 is 5.91 Å². The van der Waals surface area contributed by atoms with Crippen molar-refractivity contribution in [2.24, 2.45) is 67.3 Å². The van der Waals surface area contributed by atoms with E-state index in [4.69, 9.17) is 57.9 Å². The van der Waals surface area contributed by atoms with E-state index < -0.39 is 5.91 Å². The smallest absolute Gasteiger partial charge is 0.404 e. The Bertz CT molecular complexity index is 5900. The number of hydrogen-bond donors (Lipinski definition) is 4. The molecule has 8 aromatic carbocycles. The maximum atomic E-state index is 7.79. The van der Waals surface area contributed by atoms with Crippen molar-refractivity contribution in [3.05, 3.63) is 130 Å². The molecular weight excluding hydrogens is 1590 g/mol. The molecule has 20 rings (SSSR count). The third kappa shape index (κ3) is 13.0. The number of para-hydroxylation sites is 4. The van der Waals surface area contributed by atoms with Gasteiger partial charge < -0.3 is 59.2 Å². The Morgan fingerprint density at radius 3 is 0.917 bits per heavy atom. The summed E-state index contributed by atoms with van der Waals surface area (Å²) in [6.07, 6.45) is 6.20. The molecule has 1 unspecified atom stereocenters. The van der Waals surface area contributed by atoms with Crippen LogP contribution in [0.3, 0.4) is 0 Å². The second-order valence-corrected chi connectivity index (χ2v) is 40.8. The summed E-state index contributed by atoms with van der Waals surface area (Å²) >= 11 is 6.79. The fourth-order valence-corrected chi connectivity index (χ4v) is 21.9. The van der Waals surface area contributed by atoms with Crippen molar-refractivity contribution in [3.8, 4) is 46.0 Å². The van der Waals surface area contributed by atoms with Crippen LogP contribution in [0, 0.1) is 47.3 Å². The summed E-state index contributed by atoms with van der Waals surface area (Å²) in [6, 6.07) is 34.2. The van der Waals surface area contributed by atoms with Crippen molar-refractivity contribution >= 4 is 149 Å². The maximum Gasteiger partial charge on any atom is 0.404 e. The minimum absolute atomic E-state index is 0.307. The number of ether oxygens (including phenoxy) is 8. The highest BCUT2D eigenvalue weighted by atomic mass is 32.2. The summed E-state index contributed by atoms with van der Waals surface area (Å²) in [5, 5.41) is 19.2. The van der Waals surface area contributed by atoms with E-state index in [1.807, 2.05) is 0 Å². The van der Waals surface area contributed by atoms with Gasteiger partial charge in [0.15, 0.2) is 23.0 Å². The van der Waals surface area contributed by atoms with E-state index in [2.05, 4.69) is 247 Å². The predicted molar refractivity (Wildman–Crippen MR) is 489 cm³/mol. The van der Waals surface area contributed by atoms with Crippen LogP contribution in [0.5, 0.6) is 46.0 Å². The summed E-state index contributed by atoms with van der Waals surface area (Å²) in [4.78, 5) is 33.8. The van der Waals surface area contributed by atoms with E-state index in [-0.39, 0.29) is 0 Å². The number of rotatable bonds is 32. The molecule has 20 nitrogen and oxygen atoms in total. The molecule has 0 saturated carbocycles. The molecule has 12 heterocycles. The van der Waals surface area contributed by atoms with Gasteiger partial charge in [-0.2, -0.15) is 9.13 Å². The van der Waals surface area contributed by atoms with Gasteiger partial charge in [0.05, 0.1) is 117 Å². The van der Waals surface area contributed by atoms with E-state index in [0.29, 0.717) is 192 Å². The number of aliphatic imine (C=N–C) groups is 2. The molecule has 0 fully saturated rings. The Labute approximate surface area is 725 Å². The van der Waals surface area contributed by atoms with E-state index in [1.54, 1.807) is 47.0 Å². The number of nitrogens with zero attached hydrogens (tertiary/aromatic N) is 8. The Morgan fingerprint density at radius 1 is 0.298 bits per heavy atom. The lowest BCUT2D eigenvalue weighted by molar-refractivity contribution is -0.790. The monoisotopic (exact) mass is 1700 g/mol. The number of fused-ring (bicyclic) bond motifs is 20. The first-order chi connectivity index (χ1) is 58.7. The Hall–Kier alpha value is -9.88. The SMILES string of the molecule is CC(C)CCOc1c2c(c(OCCC(C)C)c3c1C1=[N+]4C3=Nc3c5c(OCCC(C)C)c6c(c(OCCC(C)C)c5c5n3C43n4c(c7c(OCCC(C)C)c8c(c(OCCC(C)C)c7c4=N1)Sc1ccccc1N8)=NC1=[N+]3C(=N5)c3c(OCCC(C)C)c4c(c(OCCC(C)C)c31)Sc1ccccc1N4)Sc1ccccc1N6)Sc1ccccc1N2. The largest absolute Gasteiger partial charge is 0.491 e. The Morgan fingerprint density at radius 2 is 0.554 bits per heavy atom. The first-order valence-electron chi connectivity index (χ1n) is 43.9. The summed E-state index contributed by atoms with van der Waals surface area (Å²) in [7, 11) is 0. The van der Waals surface area contributed by atoms with E-state index >= 15 is 0 Å². The number of amidine groups is 4. The van der Waals surface area contributed by atoms with Crippen molar-refractivity contribution in [3.63, 3.8) is 0 Å². The minimum Gasteiger partial charge on any atom is -0.491 e. The van der Waals surface area contributed by atoms with Crippen LogP contribution in [0.25, 0.3) is 21.5 Å². The first-order valence-corrected chi connectivity index (χ1v) is 47.1. The first kappa shape index (κ1) is 79.6. The third-order valence-corrected chi connectivity index (χ3v) is 28.6. The van der Waals surface area contributed by atoms with Crippen LogP contribution in [-0.4, -0.2) is 94.5 Å². The topological polar surface area (TPSA) is 187 Å². The molecule has 0 bridgehead atoms. The van der Waals surface area contributed by atoms with Crippen LogP contribution < -0.4 is 70.1 Å². The molecule has 10 aliphatic heterocycles. The normalized spacial score (nSPS) is 16.2. The Kier molecular flexibility index (Phi) is 20.7. The molecule has 0 radical (unpaired) electrons. The summed E-state index contributed by atoms with van der Waals surface area (Å²) in [5.74, 6) is 9.40. The van der Waals surface area contributed by atoms with Gasteiger partial charge in [-0.05, 0) is 147 Å². The molecule has 121 heavy (non-hydrogen) atoms. The molecule has 626 valence electrons. The average molecular weight is 1700 g/mol. The van der Waals surface area contributed by atoms with Crippen LogP contribution in [0.4, 0.5) is 57.1 Å². The molecule has 24 heteroatoms. The van der Waals surface area contributed by atoms with Crippen molar-refractivity contribution in [2.45, 2.75) is 207 Å². The number of anilines is 8. The fourth-order valence-electron chi connectivity index (χ4n) is 17.5. The second kappa shape index (κ2) is 31.5. The zero-order chi connectivity index (χ0) is 83.3. The minimum atomic E-state index is -1.78. The molecule has 1 spiro atoms. The highest BCUT2D eigenvalue weighted by Crippen LogP contribution is 2.68. The van der Waals surface area contributed by atoms with Crippen LogP contribution in [0.2, 0.25) is 0 Å². The highest BCUT2D eigenvalue weighted by Gasteiger charge is 2.72. The van der Waals surface area contributed by atoms with Crippen molar-refractivity contribution in [1.82, 2.24) is 9.13 Å². The van der Waals surface area contributed by atoms with Crippen molar-refractivity contribution in [2.75, 3.05) is 74.1 Å². The zero-order valence-electron chi connectivity index (χ0n) is 72.1. The van der Waals surface area contributed by atoms with E-state index in [0.717, 1.165) is 180 Å². The molecule has 10 aromatic rings. The molecule has 2 aromatic heterocycles. The number of aromatic nitrogens is 2. The van der Waals surface area contributed by atoms with Crippen molar-refractivity contribution < 1.29 is 47.0 Å².